The van der Waals surface area contributed by atoms with Crippen molar-refractivity contribution in [1.29, 1.82) is 0 Å². The first-order chi connectivity index (χ1) is 11.6. The molecular weight excluding hydrogens is 306 g/mol. The van der Waals surface area contributed by atoms with Crippen LogP contribution in [0.5, 0.6) is 5.75 Å². The smallest absolute Gasteiger partial charge is 0.249 e. The van der Waals surface area contributed by atoms with E-state index < -0.39 is 0 Å². The molecule has 1 saturated heterocycles. The van der Waals surface area contributed by atoms with E-state index in [4.69, 9.17) is 9.26 Å². The van der Waals surface area contributed by atoms with Crippen molar-refractivity contribution >= 4 is 5.91 Å². The fraction of sp³-hybridized carbons (Fsp3) is 0.500. The highest BCUT2D eigenvalue weighted by Gasteiger charge is 2.34. The van der Waals surface area contributed by atoms with Crippen molar-refractivity contribution in [1.82, 2.24) is 15.0 Å². The summed E-state index contributed by atoms with van der Waals surface area (Å²) in [6.07, 6.45) is 2.03. The van der Waals surface area contributed by atoms with Gasteiger partial charge in [0.2, 0.25) is 11.8 Å². The SMILES string of the molecule is COc1ccccc1Cc1noc(C(C(C)C)N2CCCC2=O)n1. The van der Waals surface area contributed by atoms with Crippen LogP contribution >= 0.6 is 0 Å². The summed E-state index contributed by atoms with van der Waals surface area (Å²) in [5.41, 5.74) is 1.01. The summed E-state index contributed by atoms with van der Waals surface area (Å²) in [4.78, 5) is 18.5. The van der Waals surface area contributed by atoms with Crippen LogP contribution in [0.3, 0.4) is 0 Å². The van der Waals surface area contributed by atoms with Crippen LogP contribution < -0.4 is 4.74 Å². The normalized spacial score (nSPS) is 16.0. The first kappa shape index (κ1) is 16.5. The molecular formula is C18H23N3O3. The van der Waals surface area contributed by atoms with Crippen LogP contribution in [0.2, 0.25) is 0 Å². The number of rotatable bonds is 6. The average molecular weight is 329 g/mol. The predicted octanol–water partition coefficient (Wildman–Crippen LogP) is 2.99. The summed E-state index contributed by atoms with van der Waals surface area (Å²) >= 11 is 0. The lowest BCUT2D eigenvalue weighted by molar-refractivity contribution is -0.131. The van der Waals surface area contributed by atoms with Crippen molar-refractivity contribution in [3.05, 3.63) is 41.5 Å². The quantitative estimate of drug-likeness (QED) is 0.815. The van der Waals surface area contributed by atoms with E-state index in [1.807, 2.05) is 29.2 Å². The molecule has 0 saturated carbocycles. The van der Waals surface area contributed by atoms with E-state index in [9.17, 15) is 4.79 Å². The van der Waals surface area contributed by atoms with E-state index >= 15 is 0 Å². The maximum Gasteiger partial charge on any atom is 0.249 e. The molecule has 3 rings (SSSR count). The topological polar surface area (TPSA) is 68.5 Å². The largest absolute Gasteiger partial charge is 0.496 e. The van der Waals surface area contributed by atoms with Gasteiger partial charge in [-0.2, -0.15) is 4.98 Å². The number of carbonyl (C=O) groups excluding carboxylic acids is 1. The minimum Gasteiger partial charge on any atom is -0.496 e. The van der Waals surface area contributed by atoms with Crippen molar-refractivity contribution in [3.63, 3.8) is 0 Å². The monoisotopic (exact) mass is 329 g/mol. The molecule has 2 heterocycles. The second-order valence-electron chi connectivity index (χ2n) is 6.42. The lowest BCUT2D eigenvalue weighted by Crippen LogP contribution is -2.33. The Morgan fingerprint density at radius 1 is 1.33 bits per heavy atom. The molecule has 2 aromatic rings. The molecule has 0 spiro atoms. The molecule has 0 N–H and O–H groups in total. The lowest BCUT2D eigenvalue weighted by atomic mass is 10.0. The lowest BCUT2D eigenvalue weighted by Gasteiger charge is -2.27. The van der Waals surface area contributed by atoms with Gasteiger partial charge in [-0.15, -0.1) is 0 Å². The van der Waals surface area contributed by atoms with Gasteiger partial charge in [-0.05, 0) is 18.4 Å². The number of ether oxygens (including phenoxy) is 1. The molecule has 128 valence electrons. The number of hydrogen-bond donors (Lipinski definition) is 0. The Hall–Kier alpha value is -2.37. The third-order valence-corrected chi connectivity index (χ3v) is 4.36. The molecule has 1 atom stereocenters. The molecule has 1 amide bonds. The molecule has 1 unspecified atom stereocenters. The average Bonchev–Trinajstić information content (AvgIpc) is 3.18. The van der Waals surface area contributed by atoms with Crippen molar-refractivity contribution in [3.8, 4) is 5.75 Å². The standard InChI is InChI=1S/C18H23N3O3/c1-12(2)17(21-10-6-9-16(21)22)18-19-15(20-24-18)11-13-7-4-5-8-14(13)23-3/h4-5,7-8,12,17H,6,9-11H2,1-3H3. The molecule has 1 fully saturated rings. The maximum absolute atomic E-state index is 12.1. The third-order valence-electron chi connectivity index (χ3n) is 4.36. The number of carbonyl (C=O) groups is 1. The van der Waals surface area contributed by atoms with E-state index in [-0.39, 0.29) is 17.9 Å². The number of amides is 1. The van der Waals surface area contributed by atoms with Crippen molar-refractivity contribution < 1.29 is 14.1 Å². The van der Waals surface area contributed by atoms with Gasteiger partial charge in [0.05, 0.1) is 7.11 Å². The minimum absolute atomic E-state index is 0.154. The van der Waals surface area contributed by atoms with Gasteiger partial charge < -0.3 is 14.2 Å². The van der Waals surface area contributed by atoms with Gasteiger partial charge in [0, 0.05) is 24.9 Å². The number of hydrogen-bond acceptors (Lipinski definition) is 5. The molecule has 1 aliphatic heterocycles. The molecule has 24 heavy (non-hydrogen) atoms. The predicted molar refractivity (Wildman–Crippen MR) is 88.6 cm³/mol. The Morgan fingerprint density at radius 2 is 2.12 bits per heavy atom. The van der Waals surface area contributed by atoms with Gasteiger partial charge in [0.25, 0.3) is 0 Å². The highest BCUT2D eigenvalue weighted by atomic mass is 16.5. The second kappa shape index (κ2) is 7.03. The van der Waals surface area contributed by atoms with Crippen LogP contribution in [0.15, 0.2) is 28.8 Å². The molecule has 1 aromatic heterocycles. The molecule has 0 radical (unpaired) electrons. The van der Waals surface area contributed by atoms with Crippen molar-refractivity contribution in [2.75, 3.05) is 13.7 Å². The number of para-hydroxylation sites is 1. The van der Waals surface area contributed by atoms with Crippen LogP contribution in [0.4, 0.5) is 0 Å². The Balaban J connectivity index is 1.82. The van der Waals surface area contributed by atoms with E-state index in [0.29, 0.717) is 24.6 Å². The summed E-state index contributed by atoms with van der Waals surface area (Å²) in [7, 11) is 1.65. The number of nitrogens with zero attached hydrogens (tertiary/aromatic N) is 3. The van der Waals surface area contributed by atoms with E-state index in [1.165, 1.54) is 0 Å². The summed E-state index contributed by atoms with van der Waals surface area (Å²) < 4.78 is 10.9. The van der Waals surface area contributed by atoms with E-state index in [1.54, 1.807) is 7.11 Å². The first-order valence-corrected chi connectivity index (χ1v) is 8.34. The van der Waals surface area contributed by atoms with Gasteiger partial charge in [-0.25, -0.2) is 0 Å². The molecule has 6 heteroatoms. The first-order valence-electron chi connectivity index (χ1n) is 8.34. The van der Waals surface area contributed by atoms with E-state index in [2.05, 4.69) is 24.0 Å². The van der Waals surface area contributed by atoms with Gasteiger partial charge in [-0.3, -0.25) is 4.79 Å². The molecule has 0 bridgehead atoms. The molecule has 0 aliphatic carbocycles. The highest BCUT2D eigenvalue weighted by Crippen LogP contribution is 2.31. The van der Waals surface area contributed by atoms with Gasteiger partial charge in [-0.1, -0.05) is 37.2 Å². The zero-order chi connectivity index (χ0) is 17.1. The third kappa shape index (κ3) is 3.27. The maximum atomic E-state index is 12.1. The molecule has 1 aliphatic rings. The fourth-order valence-electron chi connectivity index (χ4n) is 3.22. The summed E-state index contributed by atoms with van der Waals surface area (Å²) in [6, 6.07) is 7.63. The van der Waals surface area contributed by atoms with Crippen molar-refractivity contribution in [2.45, 2.75) is 39.2 Å². The van der Waals surface area contributed by atoms with Crippen LogP contribution in [0, 0.1) is 5.92 Å². The van der Waals surface area contributed by atoms with Crippen LogP contribution in [-0.4, -0.2) is 34.6 Å². The van der Waals surface area contributed by atoms with Crippen LogP contribution in [0.1, 0.15) is 50.0 Å². The molecule has 6 nitrogen and oxygen atoms in total. The van der Waals surface area contributed by atoms with Crippen LogP contribution in [0.25, 0.3) is 0 Å². The minimum atomic E-state index is -0.154. The Kier molecular flexibility index (Phi) is 4.83. The number of benzene rings is 1. The number of methoxy groups -OCH3 is 1. The Labute approximate surface area is 141 Å². The Morgan fingerprint density at radius 3 is 2.79 bits per heavy atom. The van der Waals surface area contributed by atoms with Crippen molar-refractivity contribution in [2.24, 2.45) is 5.92 Å². The summed E-state index contributed by atoms with van der Waals surface area (Å²) in [5.74, 6) is 2.31. The summed E-state index contributed by atoms with van der Waals surface area (Å²) in [5, 5.41) is 4.11. The zero-order valence-corrected chi connectivity index (χ0v) is 14.4. The zero-order valence-electron chi connectivity index (χ0n) is 14.4. The number of aromatic nitrogens is 2. The Bertz CT molecular complexity index is 711. The fourth-order valence-corrected chi connectivity index (χ4v) is 3.22. The summed E-state index contributed by atoms with van der Waals surface area (Å²) in [6.45, 7) is 4.90. The van der Waals surface area contributed by atoms with E-state index in [0.717, 1.165) is 24.3 Å². The number of likely N-dealkylation sites (tertiary alicyclic amines) is 1. The van der Waals surface area contributed by atoms with Gasteiger partial charge in [0.1, 0.15) is 11.8 Å². The van der Waals surface area contributed by atoms with Gasteiger partial charge in [0.15, 0.2) is 5.82 Å². The van der Waals surface area contributed by atoms with Gasteiger partial charge >= 0.3 is 0 Å². The highest BCUT2D eigenvalue weighted by molar-refractivity contribution is 5.78. The second-order valence-corrected chi connectivity index (χ2v) is 6.42. The van der Waals surface area contributed by atoms with Crippen LogP contribution in [-0.2, 0) is 11.2 Å². The molecule has 1 aromatic carbocycles.